The van der Waals surface area contributed by atoms with Crippen molar-refractivity contribution in [3.05, 3.63) is 33.0 Å². The molecule has 0 fully saturated rings. The van der Waals surface area contributed by atoms with Crippen molar-refractivity contribution in [1.29, 1.82) is 0 Å². The number of rotatable bonds is 5. The lowest BCUT2D eigenvalue weighted by Gasteiger charge is -2.09. The Morgan fingerprint density at radius 3 is 2.68 bits per heavy atom. The van der Waals surface area contributed by atoms with Crippen LogP contribution in [0.25, 0.3) is 10.1 Å². The van der Waals surface area contributed by atoms with E-state index in [1.807, 2.05) is 6.92 Å². The Kier molecular flexibility index (Phi) is 4.74. The van der Waals surface area contributed by atoms with Crippen molar-refractivity contribution in [3.63, 3.8) is 0 Å². The molecule has 1 heterocycles. The monoisotopic (exact) mass is 331 g/mol. The lowest BCUT2D eigenvalue weighted by Crippen LogP contribution is -2.12. The minimum absolute atomic E-state index is 0.0991. The number of halogens is 3. The largest absolute Gasteiger partial charge is 0.416 e. The van der Waals surface area contributed by atoms with Crippen LogP contribution in [-0.2, 0) is 6.18 Å². The van der Waals surface area contributed by atoms with E-state index >= 15 is 0 Å². The number of aromatic nitrogens is 1. The van der Waals surface area contributed by atoms with Gasteiger partial charge in [-0.3, -0.25) is 4.79 Å². The molecule has 0 aliphatic heterocycles. The molecule has 1 aromatic carbocycles. The van der Waals surface area contributed by atoms with Gasteiger partial charge in [-0.1, -0.05) is 24.7 Å². The van der Waals surface area contributed by atoms with Crippen molar-refractivity contribution in [2.75, 3.05) is 11.9 Å². The molecular formula is C13H12F3N3O2S. The minimum Gasteiger partial charge on any atom is -0.361 e. The quantitative estimate of drug-likeness (QED) is 0.655. The summed E-state index contributed by atoms with van der Waals surface area (Å²) in [5.41, 5.74) is -2.32. The second kappa shape index (κ2) is 6.39. The fourth-order valence-corrected chi connectivity index (χ4v) is 2.78. The van der Waals surface area contributed by atoms with Crippen LogP contribution < -0.4 is 10.9 Å². The van der Waals surface area contributed by atoms with E-state index in [0.29, 0.717) is 18.7 Å². The molecule has 0 radical (unpaired) electrons. The lowest BCUT2D eigenvalue weighted by atomic mass is 10.1. The van der Waals surface area contributed by atoms with Crippen LogP contribution in [0.1, 0.15) is 25.3 Å². The van der Waals surface area contributed by atoms with Gasteiger partial charge in [-0.2, -0.15) is 18.2 Å². The van der Waals surface area contributed by atoms with E-state index in [1.54, 1.807) is 0 Å². The fraction of sp³-hybridized carbons (Fsp3) is 0.385. The van der Waals surface area contributed by atoms with Crippen LogP contribution in [0.2, 0.25) is 0 Å². The first-order valence-electron chi connectivity index (χ1n) is 6.50. The molecule has 1 aromatic heterocycles. The van der Waals surface area contributed by atoms with Crippen LogP contribution in [0, 0.1) is 4.91 Å². The molecule has 0 amide bonds. The molecule has 0 unspecified atom stereocenters. The summed E-state index contributed by atoms with van der Waals surface area (Å²) in [4.78, 5) is 26.5. The van der Waals surface area contributed by atoms with Gasteiger partial charge < -0.3 is 5.32 Å². The maximum Gasteiger partial charge on any atom is 0.416 e. The summed E-state index contributed by atoms with van der Waals surface area (Å²) in [5, 5.41) is 5.54. The van der Waals surface area contributed by atoms with Crippen LogP contribution in [0.4, 0.5) is 24.0 Å². The Morgan fingerprint density at radius 1 is 1.36 bits per heavy atom. The summed E-state index contributed by atoms with van der Waals surface area (Å²) in [6.07, 6.45) is -2.87. The van der Waals surface area contributed by atoms with Gasteiger partial charge >= 0.3 is 6.18 Å². The van der Waals surface area contributed by atoms with Gasteiger partial charge in [0.15, 0.2) is 5.13 Å². The summed E-state index contributed by atoms with van der Waals surface area (Å²) in [6, 6.07) is 1.34. The third-order valence-corrected chi connectivity index (χ3v) is 4.00. The zero-order valence-corrected chi connectivity index (χ0v) is 12.3. The maximum atomic E-state index is 12.8. The van der Waals surface area contributed by atoms with E-state index in [0.717, 1.165) is 24.2 Å². The number of anilines is 1. The highest BCUT2D eigenvalue weighted by Crippen LogP contribution is 2.37. The molecular weight excluding hydrogens is 319 g/mol. The molecule has 0 bridgehead atoms. The highest BCUT2D eigenvalue weighted by Gasteiger charge is 2.32. The number of nitrogens with zero attached hydrogens (tertiary/aromatic N) is 2. The molecule has 118 valence electrons. The number of hydrogen-bond acceptors (Lipinski definition) is 6. The number of unbranched alkanes of at least 4 members (excludes halogenated alkanes) is 1. The Hall–Kier alpha value is -2.03. The van der Waals surface area contributed by atoms with Gasteiger partial charge in [-0.05, 0) is 23.7 Å². The van der Waals surface area contributed by atoms with E-state index in [2.05, 4.69) is 15.5 Å². The van der Waals surface area contributed by atoms with E-state index in [4.69, 9.17) is 0 Å². The molecule has 2 rings (SSSR count). The Balaban J connectivity index is 2.59. The first-order chi connectivity index (χ1) is 10.4. The molecule has 0 aliphatic carbocycles. The van der Waals surface area contributed by atoms with Crippen molar-refractivity contribution < 1.29 is 13.2 Å². The number of nitrogens with one attached hydrogen (secondary N) is 1. The van der Waals surface area contributed by atoms with Crippen molar-refractivity contribution in [2.45, 2.75) is 25.9 Å². The van der Waals surface area contributed by atoms with Crippen molar-refractivity contribution >= 4 is 32.2 Å². The SMILES string of the molecule is CCCCNc1nc(=O)c2cc(C(F)(F)F)cc(N=O)c2s1. The highest BCUT2D eigenvalue weighted by atomic mass is 32.1. The average molecular weight is 331 g/mol. The first-order valence-corrected chi connectivity index (χ1v) is 7.31. The van der Waals surface area contributed by atoms with Crippen LogP contribution >= 0.6 is 11.3 Å². The minimum atomic E-state index is -4.66. The van der Waals surface area contributed by atoms with E-state index < -0.39 is 23.0 Å². The van der Waals surface area contributed by atoms with Gasteiger partial charge in [-0.15, -0.1) is 4.91 Å². The highest BCUT2D eigenvalue weighted by molar-refractivity contribution is 7.22. The third kappa shape index (κ3) is 3.41. The molecule has 1 N–H and O–H groups in total. The molecule has 9 heteroatoms. The van der Waals surface area contributed by atoms with Gasteiger partial charge in [0.2, 0.25) is 0 Å². The predicted octanol–water partition coefficient (Wildman–Crippen LogP) is 4.29. The predicted molar refractivity (Wildman–Crippen MR) is 79.7 cm³/mol. The Bertz CT molecular complexity index is 759. The smallest absolute Gasteiger partial charge is 0.361 e. The Labute approximate surface area is 127 Å². The van der Waals surface area contributed by atoms with E-state index in [9.17, 15) is 22.9 Å². The van der Waals surface area contributed by atoms with Gasteiger partial charge in [0.1, 0.15) is 5.69 Å². The summed E-state index contributed by atoms with van der Waals surface area (Å²) in [5.74, 6) is 0. The summed E-state index contributed by atoms with van der Waals surface area (Å²) >= 11 is 0.939. The molecule has 0 atom stereocenters. The summed E-state index contributed by atoms with van der Waals surface area (Å²) < 4.78 is 38.4. The zero-order valence-electron chi connectivity index (χ0n) is 11.5. The van der Waals surface area contributed by atoms with E-state index in [1.165, 1.54) is 0 Å². The molecule has 2 aromatic rings. The van der Waals surface area contributed by atoms with Gasteiger partial charge in [0, 0.05) is 6.54 Å². The fourth-order valence-electron chi connectivity index (χ4n) is 1.83. The maximum absolute atomic E-state index is 12.8. The zero-order chi connectivity index (χ0) is 16.3. The molecule has 22 heavy (non-hydrogen) atoms. The molecule has 5 nitrogen and oxygen atoms in total. The van der Waals surface area contributed by atoms with Crippen LogP contribution in [0.5, 0.6) is 0 Å². The van der Waals surface area contributed by atoms with Gasteiger partial charge in [0.25, 0.3) is 5.56 Å². The molecule has 0 saturated heterocycles. The van der Waals surface area contributed by atoms with E-state index in [-0.39, 0.29) is 15.2 Å². The summed E-state index contributed by atoms with van der Waals surface area (Å²) in [7, 11) is 0. The lowest BCUT2D eigenvalue weighted by molar-refractivity contribution is -0.137. The Morgan fingerprint density at radius 2 is 2.09 bits per heavy atom. The van der Waals surface area contributed by atoms with Crippen LogP contribution in [0.15, 0.2) is 22.1 Å². The standard InChI is InChI=1S/C13H12F3N3O2S/c1-2-3-4-17-12-18-11(20)8-5-7(13(14,15)16)6-9(19-21)10(8)22-12/h5-6H,2-4H2,1H3,(H,17,18,20). The average Bonchev–Trinajstić information content (AvgIpc) is 2.45. The molecule has 0 spiro atoms. The van der Waals surface area contributed by atoms with Crippen molar-refractivity contribution in [3.8, 4) is 0 Å². The normalized spacial score (nSPS) is 11.6. The number of alkyl halides is 3. The van der Waals surface area contributed by atoms with Gasteiger partial charge in [-0.25, -0.2) is 0 Å². The second-order valence-corrected chi connectivity index (χ2v) is 5.56. The molecule has 0 saturated carbocycles. The number of fused-ring (bicyclic) bond motifs is 1. The van der Waals surface area contributed by atoms with Gasteiger partial charge in [0.05, 0.1) is 15.6 Å². The van der Waals surface area contributed by atoms with Crippen LogP contribution in [-0.4, -0.2) is 11.5 Å². The third-order valence-electron chi connectivity index (χ3n) is 2.93. The van der Waals surface area contributed by atoms with Crippen LogP contribution in [0.3, 0.4) is 0 Å². The molecule has 0 aliphatic rings. The van der Waals surface area contributed by atoms with Crippen molar-refractivity contribution in [2.24, 2.45) is 5.18 Å². The number of hydrogen-bond donors (Lipinski definition) is 1. The second-order valence-electron chi connectivity index (χ2n) is 4.57. The topological polar surface area (TPSA) is 71.4 Å². The number of benzene rings is 1. The summed E-state index contributed by atoms with van der Waals surface area (Å²) in [6.45, 7) is 2.57. The first kappa shape index (κ1) is 16.3. The number of nitroso groups, excluding NO2 is 1. The van der Waals surface area contributed by atoms with Crippen molar-refractivity contribution in [1.82, 2.24) is 4.98 Å².